The molecule has 5 nitrogen and oxygen atoms in total. The Kier molecular flexibility index (Phi) is 6.08. The summed E-state index contributed by atoms with van der Waals surface area (Å²) >= 11 is 1.39. The Morgan fingerprint density at radius 3 is 2.38 bits per heavy atom. The monoisotopic (exact) mass is 410 g/mol. The number of rotatable bonds is 3. The molecule has 0 fully saturated rings. The Balaban J connectivity index is 1.96. The van der Waals surface area contributed by atoms with Crippen molar-refractivity contribution in [2.75, 3.05) is 10.6 Å². The molecule has 0 atom stereocenters. The fraction of sp³-hybridized carbons (Fsp3) is 0.227. The van der Waals surface area contributed by atoms with Gasteiger partial charge in [0.15, 0.2) is 0 Å². The van der Waals surface area contributed by atoms with Crippen LogP contribution in [0.5, 0.6) is 0 Å². The Hall–Kier alpha value is -3.06. The maximum atomic E-state index is 13.3. The van der Waals surface area contributed by atoms with Crippen molar-refractivity contribution >= 4 is 34.6 Å². The summed E-state index contributed by atoms with van der Waals surface area (Å²) in [6.45, 7) is 8.17. The number of nitrogens with one attached hydrogen (secondary N) is 2. The largest absolute Gasteiger partial charge is 0.326 e. The molecule has 3 aromatic rings. The molecule has 0 bridgehead atoms. The van der Waals surface area contributed by atoms with Gasteiger partial charge in [-0.2, -0.15) is 4.99 Å². The first-order valence-corrected chi connectivity index (χ1v) is 10.0. The molecule has 0 aliphatic carbocycles. The second kappa shape index (κ2) is 8.53. The van der Waals surface area contributed by atoms with E-state index in [0.29, 0.717) is 5.69 Å². The number of anilines is 2. The fourth-order valence-corrected chi connectivity index (χ4v) is 3.34. The van der Waals surface area contributed by atoms with Crippen LogP contribution >= 0.6 is 11.3 Å². The van der Waals surface area contributed by atoms with Crippen molar-refractivity contribution < 1.29 is 9.18 Å². The number of thiazole rings is 1. The highest BCUT2D eigenvalue weighted by Gasteiger charge is 2.19. The van der Waals surface area contributed by atoms with Gasteiger partial charge in [-0.05, 0) is 48.2 Å². The van der Waals surface area contributed by atoms with Crippen molar-refractivity contribution in [1.82, 2.24) is 4.98 Å². The molecule has 0 saturated carbocycles. The van der Waals surface area contributed by atoms with Gasteiger partial charge in [-0.15, -0.1) is 11.3 Å². The van der Waals surface area contributed by atoms with Gasteiger partial charge in [0.2, 0.25) is 5.96 Å². The standard InChI is InChI=1S/C22H23FN4OS/c1-14-24-19(13-29-14)20(28)27-21(25-16-11-9-15(23)10-12-16)26-18-8-6-5-7-17(18)22(2,3)4/h5-13H,1-4H3,(H2,25,26,27,28). The highest BCUT2D eigenvalue weighted by Crippen LogP contribution is 2.29. The quantitative estimate of drug-likeness (QED) is 0.435. The molecule has 0 radical (unpaired) electrons. The third-order valence-corrected chi connectivity index (χ3v) is 4.92. The SMILES string of the molecule is Cc1nc(C(=O)/N=C(/Nc2ccc(F)cc2)Nc2ccccc2C(C)(C)C)cs1. The lowest BCUT2D eigenvalue weighted by Crippen LogP contribution is -2.26. The van der Waals surface area contributed by atoms with E-state index >= 15 is 0 Å². The summed E-state index contributed by atoms with van der Waals surface area (Å²) in [5.41, 5.74) is 2.69. The zero-order valence-electron chi connectivity index (χ0n) is 16.8. The molecule has 1 amide bonds. The smallest absolute Gasteiger partial charge is 0.299 e. The zero-order valence-corrected chi connectivity index (χ0v) is 17.6. The number of benzene rings is 2. The van der Waals surface area contributed by atoms with E-state index in [2.05, 4.69) is 41.4 Å². The maximum Gasteiger partial charge on any atom is 0.299 e. The Morgan fingerprint density at radius 1 is 1.07 bits per heavy atom. The highest BCUT2D eigenvalue weighted by atomic mass is 32.1. The van der Waals surface area contributed by atoms with Crippen LogP contribution in [0.2, 0.25) is 0 Å². The number of carbonyl (C=O) groups excluding carboxylic acids is 1. The first-order valence-electron chi connectivity index (χ1n) is 9.16. The molecule has 0 saturated heterocycles. The topological polar surface area (TPSA) is 66.4 Å². The Labute approximate surface area is 173 Å². The van der Waals surface area contributed by atoms with Crippen LogP contribution in [0.15, 0.2) is 58.9 Å². The number of hydrogen-bond acceptors (Lipinski definition) is 3. The molecule has 0 aliphatic rings. The minimum atomic E-state index is -0.459. The van der Waals surface area contributed by atoms with Crippen LogP contribution in [0.3, 0.4) is 0 Å². The van der Waals surface area contributed by atoms with Gasteiger partial charge in [-0.25, -0.2) is 9.37 Å². The van der Waals surface area contributed by atoms with Crippen molar-refractivity contribution in [3.8, 4) is 0 Å². The lowest BCUT2D eigenvalue weighted by atomic mass is 9.86. The van der Waals surface area contributed by atoms with Crippen molar-refractivity contribution in [1.29, 1.82) is 0 Å². The number of halogens is 1. The number of carbonyl (C=O) groups is 1. The number of amides is 1. The number of nitrogens with zero attached hydrogens (tertiary/aromatic N) is 2. The first-order chi connectivity index (χ1) is 13.7. The summed E-state index contributed by atoms with van der Waals surface area (Å²) in [6.07, 6.45) is 0. The van der Waals surface area contributed by atoms with Crippen LogP contribution in [0.4, 0.5) is 15.8 Å². The van der Waals surface area contributed by atoms with Gasteiger partial charge in [0, 0.05) is 16.8 Å². The van der Waals surface area contributed by atoms with E-state index in [4.69, 9.17) is 0 Å². The van der Waals surface area contributed by atoms with Gasteiger partial charge >= 0.3 is 0 Å². The van der Waals surface area contributed by atoms with Crippen LogP contribution in [-0.4, -0.2) is 16.9 Å². The van der Waals surface area contributed by atoms with Crippen LogP contribution in [0.1, 0.15) is 41.8 Å². The maximum absolute atomic E-state index is 13.3. The molecule has 29 heavy (non-hydrogen) atoms. The molecule has 0 spiro atoms. The number of hydrogen-bond donors (Lipinski definition) is 2. The van der Waals surface area contributed by atoms with E-state index in [-0.39, 0.29) is 22.9 Å². The number of aryl methyl sites for hydroxylation is 1. The third kappa shape index (κ3) is 5.48. The molecule has 0 aliphatic heterocycles. The van der Waals surface area contributed by atoms with Crippen molar-refractivity contribution in [3.05, 3.63) is 76.0 Å². The molecule has 2 N–H and O–H groups in total. The molecular formula is C22H23FN4OS. The van der Waals surface area contributed by atoms with E-state index in [1.54, 1.807) is 17.5 Å². The average Bonchev–Trinajstić information content (AvgIpc) is 3.10. The summed E-state index contributed by atoms with van der Waals surface area (Å²) in [4.78, 5) is 21.0. The summed E-state index contributed by atoms with van der Waals surface area (Å²) < 4.78 is 13.3. The van der Waals surface area contributed by atoms with Gasteiger partial charge in [-0.3, -0.25) is 4.79 Å². The normalized spacial score (nSPS) is 12.0. The van der Waals surface area contributed by atoms with Gasteiger partial charge < -0.3 is 10.6 Å². The molecule has 7 heteroatoms. The fourth-order valence-electron chi connectivity index (χ4n) is 2.75. The highest BCUT2D eigenvalue weighted by molar-refractivity contribution is 7.09. The minimum absolute atomic E-state index is 0.111. The predicted molar refractivity (Wildman–Crippen MR) is 117 cm³/mol. The van der Waals surface area contributed by atoms with E-state index in [1.807, 2.05) is 31.2 Å². The lowest BCUT2D eigenvalue weighted by Gasteiger charge is -2.24. The first kappa shape index (κ1) is 20.7. The number of guanidine groups is 1. The molecule has 3 rings (SSSR count). The van der Waals surface area contributed by atoms with Gasteiger partial charge in [0.25, 0.3) is 5.91 Å². The summed E-state index contributed by atoms with van der Waals surface area (Å²) in [5, 5.41) is 8.77. The Bertz CT molecular complexity index is 1040. The van der Waals surface area contributed by atoms with E-state index in [0.717, 1.165) is 16.3 Å². The average molecular weight is 411 g/mol. The second-order valence-electron chi connectivity index (χ2n) is 7.57. The third-order valence-electron chi connectivity index (χ3n) is 4.15. The van der Waals surface area contributed by atoms with E-state index < -0.39 is 5.91 Å². The second-order valence-corrected chi connectivity index (χ2v) is 8.63. The molecule has 0 unspecified atom stereocenters. The van der Waals surface area contributed by atoms with Crippen LogP contribution in [-0.2, 0) is 5.41 Å². The number of aliphatic imine (C=N–C) groups is 1. The summed E-state index contributed by atoms with van der Waals surface area (Å²) in [7, 11) is 0. The lowest BCUT2D eigenvalue weighted by molar-refractivity contribution is 0.0998. The number of aromatic nitrogens is 1. The summed E-state index contributed by atoms with van der Waals surface area (Å²) in [5.74, 6) is -0.558. The zero-order chi connectivity index (χ0) is 21.0. The van der Waals surface area contributed by atoms with Crippen molar-refractivity contribution in [2.45, 2.75) is 33.1 Å². The van der Waals surface area contributed by atoms with E-state index in [9.17, 15) is 9.18 Å². The predicted octanol–water partition coefficient (Wildman–Crippen LogP) is 5.61. The molecule has 1 heterocycles. The van der Waals surface area contributed by atoms with Gasteiger partial charge in [-0.1, -0.05) is 39.0 Å². The molecular weight excluding hydrogens is 387 g/mol. The molecule has 150 valence electrons. The van der Waals surface area contributed by atoms with Gasteiger partial charge in [0.05, 0.1) is 5.01 Å². The number of para-hydroxylation sites is 1. The van der Waals surface area contributed by atoms with Crippen LogP contribution < -0.4 is 10.6 Å². The summed E-state index contributed by atoms with van der Waals surface area (Å²) in [6, 6.07) is 13.7. The van der Waals surface area contributed by atoms with Gasteiger partial charge in [0.1, 0.15) is 11.5 Å². The van der Waals surface area contributed by atoms with Crippen LogP contribution in [0.25, 0.3) is 0 Å². The van der Waals surface area contributed by atoms with Crippen LogP contribution in [0, 0.1) is 12.7 Å². The Morgan fingerprint density at radius 2 is 1.76 bits per heavy atom. The molecule has 1 aromatic heterocycles. The molecule has 2 aromatic carbocycles. The van der Waals surface area contributed by atoms with E-state index in [1.165, 1.54) is 23.5 Å². The van der Waals surface area contributed by atoms with Crippen molar-refractivity contribution in [2.24, 2.45) is 4.99 Å². The minimum Gasteiger partial charge on any atom is -0.326 e. The van der Waals surface area contributed by atoms with Crippen molar-refractivity contribution in [3.63, 3.8) is 0 Å².